The lowest BCUT2D eigenvalue weighted by Gasteiger charge is -2.04. The highest BCUT2D eigenvalue weighted by Crippen LogP contribution is 2.24. The van der Waals surface area contributed by atoms with Crippen LogP contribution in [0.15, 0.2) is 53.0 Å². The van der Waals surface area contributed by atoms with Crippen LogP contribution in [0.2, 0.25) is 5.02 Å². The molecule has 0 bridgehead atoms. The van der Waals surface area contributed by atoms with Crippen molar-refractivity contribution >= 4 is 39.3 Å². The zero-order valence-electron chi connectivity index (χ0n) is 9.20. The van der Waals surface area contributed by atoms with E-state index >= 15 is 0 Å². The Bertz CT molecular complexity index is 482. The highest BCUT2D eigenvalue weighted by atomic mass is 79.9. The first-order valence-electron chi connectivity index (χ1n) is 5.31. The van der Waals surface area contributed by atoms with Crippen molar-refractivity contribution in [3.05, 3.63) is 69.2 Å². The zero-order chi connectivity index (χ0) is 12.1. The SMILES string of the molecule is Clc1ccc(CSCc2ccccc2Br)cc1. The Morgan fingerprint density at radius 3 is 2.35 bits per heavy atom. The van der Waals surface area contributed by atoms with Crippen molar-refractivity contribution in [2.75, 3.05) is 0 Å². The lowest BCUT2D eigenvalue weighted by molar-refractivity contribution is 1.35. The van der Waals surface area contributed by atoms with Crippen molar-refractivity contribution in [2.45, 2.75) is 11.5 Å². The maximum atomic E-state index is 5.85. The Kier molecular flexibility index (Phi) is 4.96. The van der Waals surface area contributed by atoms with E-state index in [-0.39, 0.29) is 0 Å². The first-order valence-corrected chi connectivity index (χ1v) is 7.64. The minimum atomic E-state index is 0.796. The molecule has 0 heterocycles. The maximum Gasteiger partial charge on any atom is 0.0406 e. The maximum absolute atomic E-state index is 5.85. The summed E-state index contributed by atoms with van der Waals surface area (Å²) >= 11 is 11.3. The molecule has 0 saturated carbocycles. The number of benzene rings is 2. The van der Waals surface area contributed by atoms with E-state index in [4.69, 9.17) is 11.6 Å². The van der Waals surface area contributed by atoms with E-state index in [1.54, 1.807) is 0 Å². The van der Waals surface area contributed by atoms with Gasteiger partial charge in [-0.15, -0.1) is 0 Å². The standard InChI is InChI=1S/C14H12BrClS/c15-14-4-2-1-3-12(14)10-17-9-11-5-7-13(16)8-6-11/h1-8H,9-10H2. The number of hydrogen-bond acceptors (Lipinski definition) is 1. The summed E-state index contributed by atoms with van der Waals surface area (Å²) < 4.78 is 1.18. The van der Waals surface area contributed by atoms with Gasteiger partial charge in [0.05, 0.1) is 0 Å². The fourth-order valence-corrected chi connectivity index (χ4v) is 3.21. The summed E-state index contributed by atoms with van der Waals surface area (Å²) in [6.07, 6.45) is 0. The van der Waals surface area contributed by atoms with Crippen LogP contribution in [0.1, 0.15) is 11.1 Å². The van der Waals surface area contributed by atoms with Gasteiger partial charge < -0.3 is 0 Å². The number of rotatable bonds is 4. The molecule has 0 saturated heterocycles. The van der Waals surface area contributed by atoms with Crippen molar-refractivity contribution < 1.29 is 0 Å². The highest BCUT2D eigenvalue weighted by molar-refractivity contribution is 9.10. The van der Waals surface area contributed by atoms with Gasteiger partial charge in [0, 0.05) is 21.0 Å². The molecule has 0 fully saturated rings. The van der Waals surface area contributed by atoms with Gasteiger partial charge in [0.1, 0.15) is 0 Å². The van der Waals surface area contributed by atoms with Crippen LogP contribution >= 0.6 is 39.3 Å². The van der Waals surface area contributed by atoms with Gasteiger partial charge in [0.25, 0.3) is 0 Å². The number of halogens is 2. The molecule has 0 atom stereocenters. The van der Waals surface area contributed by atoms with E-state index in [2.05, 4.69) is 46.3 Å². The third kappa shape index (κ3) is 4.06. The van der Waals surface area contributed by atoms with E-state index in [0.717, 1.165) is 16.5 Å². The van der Waals surface area contributed by atoms with Gasteiger partial charge >= 0.3 is 0 Å². The fourth-order valence-electron chi connectivity index (χ4n) is 1.47. The smallest absolute Gasteiger partial charge is 0.0406 e. The van der Waals surface area contributed by atoms with Crippen LogP contribution in [0.5, 0.6) is 0 Å². The van der Waals surface area contributed by atoms with Crippen molar-refractivity contribution in [3.8, 4) is 0 Å². The van der Waals surface area contributed by atoms with Gasteiger partial charge in [-0.05, 0) is 29.3 Å². The molecular weight excluding hydrogens is 316 g/mol. The second kappa shape index (κ2) is 6.48. The molecule has 0 nitrogen and oxygen atoms in total. The molecule has 2 aromatic rings. The third-order valence-corrected chi connectivity index (χ3v) is 4.48. The molecule has 0 radical (unpaired) electrons. The molecule has 0 aliphatic carbocycles. The van der Waals surface area contributed by atoms with Crippen LogP contribution in [0.25, 0.3) is 0 Å². The molecule has 0 amide bonds. The van der Waals surface area contributed by atoms with E-state index < -0.39 is 0 Å². The number of hydrogen-bond donors (Lipinski definition) is 0. The van der Waals surface area contributed by atoms with Crippen LogP contribution in [-0.4, -0.2) is 0 Å². The molecule has 0 spiro atoms. The molecule has 0 aromatic heterocycles. The summed E-state index contributed by atoms with van der Waals surface area (Å²) in [5.41, 5.74) is 2.65. The van der Waals surface area contributed by atoms with Crippen LogP contribution in [0, 0.1) is 0 Å². The molecular formula is C14H12BrClS. The Morgan fingerprint density at radius 2 is 1.65 bits per heavy atom. The van der Waals surface area contributed by atoms with Gasteiger partial charge in [-0.3, -0.25) is 0 Å². The van der Waals surface area contributed by atoms with Crippen LogP contribution in [0.3, 0.4) is 0 Å². The van der Waals surface area contributed by atoms with Crippen molar-refractivity contribution in [1.82, 2.24) is 0 Å². The van der Waals surface area contributed by atoms with Gasteiger partial charge in [-0.25, -0.2) is 0 Å². The van der Waals surface area contributed by atoms with E-state index in [1.165, 1.54) is 15.6 Å². The van der Waals surface area contributed by atoms with E-state index in [0.29, 0.717) is 0 Å². The fraction of sp³-hybridized carbons (Fsp3) is 0.143. The molecule has 0 aliphatic heterocycles. The van der Waals surface area contributed by atoms with Gasteiger partial charge in [0.2, 0.25) is 0 Å². The largest absolute Gasteiger partial charge is 0.152 e. The molecule has 88 valence electrons. The Morgan fingerprint density at radius 1 is 0.941 bits per heavy atom. The summed E-state index contributed by atoms with van der Waals surface area (Å²) in [5.74, 6) is 2.03. The Balaban J connectivity index is 1.88. The minimum Gasteiger partial charge on any atom is -0.152 e. The molecule has 2 rings (SSSR count). The van der Waals surface area contributed by atoms with Gasteiger partial charge in [-0.2, -0.15) is 11.8 Å². The molecule has 2 aromatic carbocycles. The average molecular weight is 328 g/mol. The summed E-state index contributed by atoms with van der Waals surface area (Å²) in [5, 5.41) is 0.796. The first kappa shape index (κ1) is 13.0. The minimum absolute atomic E-state index is 0.796. The lowest BCUT2D eigenvalue weighted by atomic mass is 10.2. The van der Waals surface area contributed by atoms with E-state index in [1.807, 2.05) is 30.0 Å². The summed E-state index contributed by atoms with van der Waals surface area (Å²) in [6, 6.07) is 16.4. The van der Waals surface area contributed by atoms with Crippen molar-refractivity contribution in [2.24, 2.45) is 0 Å². The van der Waals surface area contributed by atoms with Crippen molar-refractivity contribution in [3.63, 3.8) is 0 Å². The summed E-state index contributed by atoms with van der Waals surface area (Å²) in [7, 11) is 0. The monoisotopic (exact) mass is 326 g/mol. The molecule has 0 aliphatic rings. The highest BCUT2D eigenvalue weighted by Gasteiger charge is 1.99. The Labute approximate surface area is 120 Å². The normalized spacial score (nSPS) is 10.5. The average Bonchev–Trinajstić information content (AvgIpc) is 2.34. The quantitative estimate of drug-likeness (QED) is 0.711. The molecule has 3 heteroatoms. The molecule has 0 unspecified atom stereocenters. The van der Waals surface area contributed by atoms with Crippen LogP contribution in [0.4, 0.5) is 0 Å². The second-order valence-corrected chi connectivity index (χ2v) is 5.99. The van der Waals surface area contributed by atoms with Gasteiger partial charge in [-0.1, -0.05) is 57.9 Å². The lowest BCUT2D eigenvalue weighted by Crippen LogP contribution is -1.84. The number of thioether (sulfide) groups is 1. The molecule has 17 heavy (non-hydrogen) atoms. The summed E-state index contributed by atoms with van der Waals surface area (Å²) in [4.78, 5) is 0. The van der Waals surface area contributed by atoms with Crippen LogP contribution < -0.4 is 0 Å². The third-order valence-electron chi connectivity index (χ3n) is 2.40. The first-order chi connectivity index (χ1) is 8.25. The molecule has 0 N–H and O–H groups in total. The van der Waals surface area contributed by atoms with Gasteiger partial charge in [0.15, 0.2) is 0 Å². The second-order valence-electron chi connectivity index (χ2n) is 3.71. The topological polar surface area (TPSA) is 0 Å². The predicted octanol–water partition coefficient (Wildman–Crippen LogP) is 5.54. The predicted molar refractivity (Wildman–Crippen MR) is 80.6 cm³/mol. The van der Waals surface area contributed by atoms with E-state index in [9.17, 15) is 0 Å². The Hall–Kier alpha value is -0.440. The van der Waals surface area contributed by atoms with Crippen LogP contribution in [-0.2, 0) is 11.5 Å². The van der Waals surface area contributed by atoms with Crippen molar-refractivity contribution in [1.29, 1.82) is 0 Å². The summed E-state index contributed by atoms with van der Waals surface area (Å²) in [6.45, 7) is 0. The zero-order valence-corrected chi connectivity index (χ0v) is 12.4.